The number of benzene rings is 1. The van der Waals surface area contributed by atoms with E-state index in [-0.39, 0.29) is 0 Å². The highest BCUT2D eigenvalue weighted by Gasteiger charge is 2.05. The number of aromatic nitrogens is 2. The van der Waals surface area contributed by atoms with E-state index in [1.807, 2.05) is 7.05 Å². The molecule has 1 aromatic carbocycles. The van der Waals surface area contributed by atoms with E-state index in [1.165, 1.54) is 11.1 Å². The van der Waals surface area contributed by atoms with E-state index in [4.69, 9.17) is 5.73 Å². The van der Waals surface area contributed by atoms with Crippen molar-refractivity contribution in [1.29, 1.82) is 0 Å². The SMILES string of the molecule is Cc1ccc(N(C)Cc2nccc(N)n2)cc1C. The monoisotopic (exact) mass is 242 g/mol. The number of anilines is 2. The van der Waals surface area contributed by atoms with Crippen LogP contribution in [0.4, 0.5) is 11.5 Å². The molecule has 0 fully saturated rings. The lowest BCUT2D eigenvalue weighted by Gasteiger charge is -2.19. The van der Waals surface area contributed by atoms with Gasteiger partial charge in [-0.3, -0.25) is 0 Å². The molecule has 4 heteroatoms. The predicted octanol–water partition coefficient (Wildman–Crippen LogP) is 2.31. The summed E-state index contributed by atoms with van der Waals surface area (Å²) < 4.78 is 0. The Morgan fingerprint density at radius 1 is 1.17 bits per heavy atom. The molecule has 1 aromatic heterocycles. The van der Waals surface area contributed by atoms with Gasteiger partial charge in [0.25, 0.3) is 0 Å². The van der Waals surface area contributed by atoms with Gasteiger partial charge in [0, 0.05) is 18.9 Å². The fourth-order valence-corrected chi connectivity index (χ4v) is 1.76. The first kappa shape index (κ1) is 12.4. The van der Waals surface area contributed by atoms with Crippen LogP contribution in [0.5, 0.6) is 0 Å². The molecular weight excluding hydrogens is 224 g/mol. The number of hydrogen-bond acceptors (Lipinski definition) is 4. The molecule has 0 saturated carbocycles. The summed E-state index contributed by atoms with van der Waals surface area (Å²) in [4.78, 5) is 10.5. The van der Waals surface area contributed by atoms with Crippen LogP contribution in [0.15, 0.2) is 30.5 Å². The Balaban J connectivity index is 2.16. The third-order valence-corrected chi connectivity index (χ3v) is 3.04. The van der Waals surface area contributed by atoms with Crippen molar-refractivity contribution >= 4 is 11.5 Å². The van der Waals surface area contributed by atoms with Gasteiger partial charge in [-0.05, 0) is 43.2 Å². The zero-order valence-electron chi connectivity index (χ0n) is 11.0. The highest BCUT2D eigenvalue weighted by molar-refractivity contribution is 5.50. The van der Waals surface area contributed by atoms with Gasteiger partial charge in [0.1, 0.15) is 11.6 Å². The maximum Gasteiger partial charge on any atom is 0.149 e. The number of nitrogen functional groups attached to an aromatic ring is 1. The molecule has 0 radical (unpaired) electrons. The molecule has 0 saturated heterocycles. The molecule has 0 aliphatic carbocycles. The van der Waals surface area contributed by atoms with Crippen LogP contribution in [-0.2, 0) is 6.54 Å². The van der Waals surface area contributed by atoms with Gasteiger partial charge in [-0.1, -0.05) is 6.07 Å². The highest BCUT2D eigenvalue weighted by Crippen LogP contribution is 2.18. The first-order valence-corrected chi connectivity index (χ1v) is 5.92. The maximum absolute atomic E-state index is 5.65. The Morgan fingerprint density at radius 3 is 2.61 bits per heavy atom. The topological polar surface area (TPSA) is 55.0 Å². The second kappa shape index (κ2) is 5.04. The number of nitrogens with zero attached hydrogens (tertiary/aromatic N) is 3. The van der Waals surface area contributed by atoms with Gasteiger partial charge in [0.05, 0.1) is 6.54 Å². The molecule has 2 rings (SSSR count). The zero-order chi connectivity index (χ0) is 13.1. The third kappa shape index (κ3) is 2.77. The minimum Gasteiger partial charge on any atom is -0.384 e. The molecule has 0 unspecified atom stereocenters. The fraction of sp³-hybridized carbons (Fsp3) is 0.286. The molecule has 0 amide bonds. The van der Waals surface area contributed by atoms with Crippen molar-refractivity contribution < 1.29 is 0 Å². The first-order chi connectivity index (χ1) is 8.56. The molecule has 1 heterocycles. The van der Waals surface area contributed by atoms with Crippen LogP contribution in [0.25, 0.3) is 0 Å². The minimum atomic E-state index is 0.508. The molecule has 2 aromatic rings. The number of hydrogen-bond donors (Lipinski definition) is 1. The Labute approximate surface area is 107 Å². The van der Waals surface area contributed by atoms with E-state index in [1.54, 1.807) is 12.3 Å². The van der Waals surface area contributed by atoms with Crippen molar-refractivity contribution in [1.82, 2.24) is 9.97 Å². The average molecular weight is 242 g/mol. The first-order valence-electron chi connectivity index (χ1n) is 5.92. The summed E-state index contributed by atoms with van der Waals surface area (Å²) in [7, 11) is 2.02. The molecule has 4 nitrogen and oxygen atoms in total. The van der Waals surface area contributed by atoms with Gasteiger partial charge in [-0.2, -0.15) is 0 Å². The van der Waals surface area contributed by atoms with Crippen LogP contribution < -0.4 is 10.6 Å². The van der Waals surface area contributed by atoms with Crippen molar-refractivity contribution in [3.63, 3.8) is 0 Å². The van der Waals surface area contributed by atoms with E-state index in [9.17, 15) is 0 Å². The molecule has 0 spiro atoms. The summed E-state index contributed by atoms with van der Waals surface area (Å²) in [5.41, 5.74) is 9.39. The van der Waals surface area contributed by atoms with Gasteiger partial charge in [-0.25, -0.2) is 9.97 Å². The van der Waals surface area contributed by atoms with Crippen LogP contribution in [0, 0.1) is 13.8 Å². The van der Waals surface area contributed by atoms with Gasteiger partial charge < -0.3 is 10.6 Å². The molecule has 0 aliphatic heterocycles. The molecule has 18 heavy (non-hydrogen) atoms. The van der Waals surface area contributed by atoms with Crippen molar-refractivity contribution in [3.05, 3.63) is 47.4 Å². The lowest BCUT2D eigenvalue weighted by molar-refractivity contribution is 0.840. The van der Waals surface area contributed by atoms with Crippen LogP contribution in [0.2, 0.25) is 0 Å². The van der Waals surface area contributed by atoms with Gasteiger partial charge in [0.2, 0.25) is 0 Å². The smallest absolute Gasteiger partial charge is 0.149 e. The molecule has 0 aliphatic rings. The van der Waals surface area contributed by atoms with E-state index < -0.39 is 0 Å². The van der Waals surface area contributed by atoms with E-state index in [0.717, 1.165) is 11.5 Å². The summed E-state index contributed by atoms with van der Waals surface area (Å²) in [6, 6.07) is 8.09. The summed E-state index contributed by atoms with van der Waals surface area (Å²) >= 11 is 0. The van der Waals surface area contributed by atoms with Crippen LogP contribution in [-0.4, -0.2) is 17.0 Å². The van der Waals surface area contributed by atoms with Crippen molar-refractivity contribution in [2.24, 2.45) is 0 Å². The Kier molecular flexibility index (Phi) is 3.46. The Bertz CT molecular complexity index is 551. The second-order valence-electron chi connectivity index (χ2n) is 4.52. The summed E-state index contributed by atoms with van der Waals surface area (Å²) in [5.74, 6) is 1.24. The lowest BCUT2D eigenvalue weighted by Crippen LogP contribution is -2.18. The van der Waals surface area contributed by atoms with Crippen molar-refractivity contribution in [2.45, 2.75) is 20.4 Å². The van der Waals surface area contributed by atoms with Gasteiger partial charge in [0.15, 0.2) is 0 Å². The maximum atomic E-state index is 5.65. The minimum absolute atomic E-state index is 0.508. The fourth-order valence-electron chi connectivity index (χ4n) is 1.76. The summed E-state index contributed by atoms with van der Waals surface area (Å²) in [6.45, 7) is 4.87. The Morgan fingerprint density at radius 2 is 1.94 bits per heavy atom. The van der Waals surface area contributed by atoms with Crippen LogP contribution >= 0.6 is 0 Å². The van der Waals surface area contributed by atoms with Crippen LogP contribution in [0.3, 0.4) is 0 Å². The van der Waals surface area contributed by atoms with Crippen LogP contribution in [0.1, 0.15) is 17.0 Å². The van der Waals surface area contributed by atoms with E-state index in [0.29, 0.717) is 12.4 Å². The zero-order valence-corrected chi connectivity index (χ0v) is 11.0. The van der Waals surface area contributed by atoms with Gasteiger partial charge in [-0.15, -0.1) is 0 Å². The quantitative estimate of drug-likeness (QED) is 0.897. The average Bonchev–Trinajstić information content (AvgIpc) is 2.32. The number of nitrogens with two attached hydrogens (primary N) is 1. The molecule has 0 atom stereocenters. The molecular formula is C14H18N4. The third-order valence-electron chi connectivity index (χ3n) is 3.04. The predicted molar refractivity (Wildman–Crippen MR) is 74.5 cm³/mol. The van der Waals surface area contributed by atoms with E-state index in [2.05, 4.69) is 46.9 Å². The van der Waals surface area contributed by atoms with Crippen molar-refractivity contribution in [3.8, 4) is 0 Å². The molecule has 0 bridgehead atoms. The van der Waals surface area contributed by atoms with Gasteiger partial charge >= 0.3 is 0 Å². The molecule has 2 N–H and O–H groups in total. The normalized spacial score (nSPS) is 10.4. The number of rotatable bonds is 3. The summed E-state index contributed by atoms with van der Waals surface area (Å²) in [6.07, 6.45) is 1.69. The largest absolute Gasteiger partial charge is 0.384 e. The highest BCUT2D eigenvalue weighted by atomic mass is 15.1. The van der Waals surface area contributed by atoms with Crippen molar-refractivity contribution in [2.75, 3.05) is 17.7 Å². The van der Waals surface area contributed by atoms with E-state index >= 15 is 0 Å². The number of aryl methyl sites for hydroxylation is 2. The lowest BCUT2D eigenvalue weighted by atomic mass is 10.1. The summed E-state index contributed by atoms with van der Waals surface area (Å²) in [5, 5.41) is 0. The molecule has 94 valence electrons. The second-order valence-corrected chi connectivity index (χ2v) is 4.52. The Hall–Kier alpha value is -2.10. The standard InChI is InChI=1S/C14H18N4/c1-10-4-5-12(8-11(10)2)18(3)9-14-16-7-6-13(15)17-14/h4-8H,9H2,1-3H3,(H2,15,16,17).